The van der Waals surface area contributed by atoms with Crippen molar-refractivity contribution in [3.8, 4) is 11.4 Å². The number of aryl methyl sites for hydroxylation is 1. The number of halogens is 1. The van der Waals surface area contributed by atoms with E-state index in [0.29, 0.717) is 30.6 Å². The molecule has 0 saturated carbocycles. The molecule has 0 amide bonds. The standard InChI is InChI=1S/C18H26FN5O/c1-2-3-4-5-12-21-18(20)22-13-6-7-16-23-17(24-25-16)14-8-10-15(19)11-9-14/h8-11H,2-7,12-13H2,1H3,(H3,20,21,22). The number of rotatable bonds is 10. The number of aromatic nitrogens is 2. The van der Waals surface area contributed by atoms with Crippen molar-refractivity contribution in [3.63, 3.8) is 0 Å². The van der Waals surface area contributed by atoms with Gasteiger partial charge in [0.2, 0.25) is 11.7 Å². The van der Waals surface area contributed by atoms with E-state index in [4.69, 9.17) is 10.3 Å². The third kappa shape index (κ3) is 6.91. The highest BCUT2D eigenvalue weighted by Crippen LogP contribution is 2.16. The van der Waals surface area contributed by atoms with Gasteiger partial charge in [-0.1, -0.05) is 31.3 Å². The molecule has 1 heterocycles. The van der Waals surface area contributed by atoms with Crippen LogP contribution in [-0.4, -0.2) is 29.2 Å². The molecule has 0 radical (unpaired) electrons. The van der Waals surface area contributed by atoms with Crippen molar-refractivity contribution in [1.29, 1.82) is 0 Å². The molecule has 7 heteroatoms. The molecule has 0 spiro atoms. The fraction of sp³-hybridized carbons (Fsp3) is 0.500. The Balaban J connectivity index is 1.68. The number of aliphatic imine (C=N–C) groups is 1. The minimum absolute atomic E-state index is 0.290. The van der Waals surface area contributed by atoms with E-state index < -0.39 is 0 Å². The van der Waals surface area contributed by atoms with Crippen LogP contribution in [0.1, 0.15) is 44.9 Å². The van der Waals surface area contributed by atoms with Crippen LogP contribution < -0.4 is 11.1 Å². The average molecular weight is 347 g/mol. The number of nitrogens with zero attached hydrogens (tertiary/aromatic N) is 3. The molecule has 0 aliphatic heterocycles. The van der Waals surface area contributed by atoms with Crippen molar-refractivity contribution in [2.45, 2.75) is 45.4 Å². The van der Waals surface area contributed by atoms with Gasteiger partial charge in [0, 0.05) is 25.1 Å². The van der Waals surface area contributed by atoms with E-state index in [1.54, 1.807) is 12.1 Å². The molecule has 1 aromatic carbocycles. The third-order valence-corrected chi connectivity index (χ3v) is 3.74. The maximum Gasteiger partial charge on any atom is 0.227 e. The predicted octanol–water partition coefficient (Wildman–Crippen LogP) is 3.29. The lowest BCUT2D eigenvalue weighted by Crippen LogP contribution is -2.32. The molecule has 0 unspecified atom stereocenters. The zero-order valence-electron chi connectivity index (χ0n) is 14.7. The zero-order valence-corrected chi connectivity index (χ0v) is 14.7. The summed E-state index contributed by atoms with van der Waals surface area (Å²) in [6.07, 6.45) is 6.19. The van der Waals surface area contributed by atoms with Gasteiger partial charge in [0.15, 0.2) is 5.96 Å². The van der Waals surface area contributed by atoms with Gasteiger partial charge in [-0.25, -0.2) is 4.39 Å². The van der Waals surface area contributed by atoms with Crippen molar-refractivity contribution < 1.29 is 8.91 Å². The van der Waals surface area contributed by atoms with Crippen molar-refractivity contribution in [2.75, 3.05) is 13.1 Å². The van der Waals surface area contributed by atoms with Gasteiger partial charge in [0.25, 0.3) is 0 Å². The summed E-state index contributed by atoms with van der Waals surface area (Å²) in [5.74, 6) is 1.20. The molecule has 0 atom stereocenters. The second-order valence-electron chi connectivity index (χ2n) is 5.88. The van der Waals surface area contributed by atoms with Gasteiger partial charge >= 0.3 is 0 Å². The van der Waals surface area contributed by atoms with Crippen LogP contribution in [0.4, 0.5) is 4.39 Å². The molecule has 0 aliphatic carbocycles. The van der Waals surface area contributed by atoms with Crippen LogP contribution in [0.5, 0.6) is 0 Å². The molecule has 0 aliphatic rings. The molecule has 136 valence electrons. The average Bonchev–Trinajstić information content (AvgIpc) is 3.08. The van der Waals surface area contributed by atoms with Gasteiger partial charge in [-0.15, -0.1) is 0 Å². The smallest absolute Gasteiger partial charge is 0.227 e. The van der Waals surface area contributed by atoms with E-state index in [2.05, 4.69) is 27.4 Å². The van der Waals surface area contributed by atoms with E-state index in [0.717, 1.165) is 24.9 Å². The monoisotopic (exact) mass is 347 g/mol. The number of hydrogen-bond donors (Lipinski definition) is 2. The summed E-state index contributed by atoms with van der Waals surface area (Å²) >= 11 is 0. The van der Waals surface area contributed by atoms with Crippen molar-refractivity contribution in [2.24, 2.45) is 10.7 Å². The first-order valence-corrected chi connectivity index (χ1v) is 8.81. The minimum Gasteiger partial charge on any atom is -0.370 e. The summed E-state index contributed by atoms with van der Waals surface area (Å²) in [4.78, 5) is 8.59. The minimum atomic E-state index is -0.290. The largest absolute Gasteiger partial charge is 0.370 e. The van der Waals surface area contributed by atoms with Gasteiger partial charge in [0.05, 0.1) is 0 Å². The summed E-state index contributed by atoms with van der Waals surface area (Å²) in [5.41, 5.74) is 6.54. The van der Waals surface area contributed by atoms with Gasteiger partial charge < -0.3 is 15.6 Å². The SMILES string of the molecule is CCCCCCNC(N)=NCCCc1nc(-c2ccc(F)cc2)no1. The Kier molecular flexibility index (Phi) is 7.88. The summed E-state index contributed by atoms with van der Waals surface area (Å²) in [7, 11) is 0. The van der Waals surface area contributed by atoms with Gasteiger partial charge in [-0.3, -0.25) is 4.99 Å². The fourth-order valence-corrected chi connectivity index (χ4v) is 2.33. The predicted molar refractivity (Wildman–Crippen MR) is 96.6 cm³/mol. The molecular formula is C18H26FN5O. The summed E-state index contributed by atoms with van der Waals surface area (Å²) in [5, 5.41) is 7.03. The maximum absolute atomic E-state index is 12.9. The molecule has 0 saturated heterocycles. The molecule has 0 fully saturated rings. The van der Waals surface area contributed by atoms with E-state index in [1.165, 1.54) is 31.4 Å². The molecule has 1 aromatic heterocycles. The second kappa shape index (κ2) is 10.4. The van der Waals surface area contributed by atoms with Crippen LogP contribution >= 0.6 is 0 Å². The summed E-state index contributed by atoms with van der Waals surface area (Å²) in [6, 6.07) is 6.00. The van der Waals surface area contributed by atoms with Crippen LogP contribution in [0.2, 0.25) is 0 Å². The Bertz CT molecular complexity index is 654. The van der Waals surface area contributed by atoms with Crippen LogP contribution in [0.25, 0.3) is 11.4 Å². The lowest BCUT2D eigenvalue weighted by molar-refractivity contribution is 0.376. The number of nitrogens with two attached hydrogens (primary N) is 1. The molecule has 0 bridgehead atoms. The number of hydrogen-bond acceptors (Lipinski definition) is 4. The lowest BCUT2D eigenvalue weighted by Gasteiger charge is -2.04. The Morgan fingerprint density at radius 2 is 2.00 bits per heavy atom. The number of guanidine groups is 1. The van der Waals surface area contributed by atoms with Crippen LogP contribution in [0.15, 0.2) is 33.8 Å². The molecule has 3 N–H and O–H groups in total. The summed E-state index contributed by atoms with van der Waals surface area (Å²) in [6.45, 7) is 3.65. The third-order valence-electron chi connectivity index (χ3n) is 3.74. The first-order valence-electron chi connectivity index (χ1n) is 8.81. The maximum atomic E-state index is 12.9. The lowest BCUT2D eigenvalue weighted by atomic mass is 10.2. The van der Waals surface area contributed by atoms with Crippen LogP contribution in [0, 0.1) is 5.82 Å². The Labute approximate surface area is 147 Å². The van der Waals surface area contributed by atoms with Crippen molar-refractivity contribution >= 4 is 5.96 Å². The number of benzene rings is 1. The van der Waals surface area contributed by atoms with Crippen LogP contribution in [0.3, 0.4) is 0 Å². The molecule has 2 rings (SSSR count). The van der Waals surface area contributed by atoms with Gasteiger partial charge in [0.1, 0.15) is 5.82 Å². The quantitative estimate of drug-likeness (QED) is 0.391. The fourth-order valence-electron chi connectivity index (χ4n) is 2.33. The number of nitrogens with one attached hydrogen (secondary N) is 1. The Morgan fingerprint density at radius 3 is 2.76 bits per heavy atom. The van der Waals surface area contributed by atoms with Crippen molar-refractivity contribution in [1.82, 2.24) is 15.5 Å². The van der Waals surface area contributed by atoms with Gasteiger partial charge in [-0.2, -0.15) is 4.98 Å². The first kappa shape index (κ1) is 18.9. The highest BCUT2D eigenvalue weighted by Gasteiger charge is 2.08. The second-order valence-corrected chi connectivity index (χ2v) is 5.88. The zero-order chi connectivity index (χ0) is 17.9. The van der Waals surface area contributed by atoms with Crippen LogP contribution in [-0.2, 0) is 6.42 Å². The number of unbranched alkanes of at least 4 members (excludes halogenated alkanes) is 3. The Hall–Kier alpha value is -2.44. The Morgan fingerprint density at radius 1 is 1.20 bits per heavy atom. The highest BCUT2D eigenvalue weighted by atomic mass is 19.1. The molecule has 25 heavy (non-hydrogen) atoms. The first-order chi connectivity index (χ1) is 12.2. The molecule has 6 nitrogen and oxygen atoms in total. The normalized spacial score (nSPS) is 11.7. The highest BCUT2D eigenvalue weighted by molar-refractivity contribution is 5.77. The van der Waals surface area contributed by atoms with E-state index in [1.807, 2.05) is 0 Å². The van der Waals surface area contributed by atoms with E-state index in [-0.39, 0.29) is 5.82 Å². The van der Waals surface area contributed by atoms with Gasteiger partial charge in [-0.05, 0) is 37.1 Å². The van der Waals surface area contributed by atoms with E-state index in [9.17, 15) is 4.39 Å². The van der Waals surface area contributed by atoms with E-state index >= 15 is 0 Å². The summed E-state index contributed by atoms with van der Waals surface area (Å²) < 4.78 is 18.1. The van der Waals surface area contributed by atoms with Crippen molar-refractivity contribution in [3.05, 3.63) is 36.0 Å². The molecular weight excluding hydrogens is 321 g/mol. The topological polar surface area (TPSA) is 89.3 Å². The molecule has 2 aromatic rings.